The summed E-state index contributed by atoms with van der Waals surface area (Å²) in [6.45, 7) is 10.5. The minimum absolute atomic E-state index is 0. The van der Waals surface area contributed by atoms with Crippen LogP contribution in [0.1, 0.15) is 31.2 Å². The van der Waals surface area contributed by atoms with Crippen LogP contribution in [-0.4, -0.2) is 80.1 Å². The van der Waals surface area contributed by atoms with Gasteiger partial charge in [0.2, 0.25) is 0 Å². The van der Waals surface area contributed by atoms with Gasteiger partial charge < -0.3 is 15.1 Å². The van der Waals surface area contributed by atoms with Crippen molar-refractivity contribution in [3.63, 3.8) is 0 Å². The fraction of sp³-hybridized carbons (Fsp3) is 0.667. The Morgan fingerprint density at radius 1 is 0.926 bits per heavy atom. The number of piperazine rings is 1. The van der Waals surface area contributed by atoms with E-state index in [0.29, 0.717) is 0 Å². The van der Waals surface area contributed by atoms with Crippen LogP contribution in [0.25, 0.3) is 0 Å². The number of likely N-dealkylation sites (tertiary alicyclic amines) is 1. The number of aliphatic imine (C=N–C) groups is 1. The fourth-order valence-electron chi connectivity index (χ4n) is 3.93. The lowest BCUT2D eigenvalue weighted by molar-refractivity contribution is 0.126. The summed E-state index contributed by atoms with van der Waals surface area (Å²) in [4.78, 5) is 12.0. The molecule has 0 amide bonds. The molecule has 0 saturated carbocycles. The normalized spacial score (nSPS) is 19.1. The second-order valence-electron chi connectivity index (χ2n) is 7.48. The van der Waals surface area contributed by atoms with E-state index in [1.54, 1.807) is 0 Å². The summed E-state index contributed by atoms with van der Waals surface area (Å²) in [5, 5.41) is 3.53. The average molecular weight is 485 g/mol. The second kappa shape index (κ2) is 12.6. The van der Waals surface area contributed by atoms with Crippen molar-refractivity contribution in [2.24, 2.45) is 4.99 Å². The van der Waals surface area contributed by atoms with Gasteiger partial charge in [0.05, 0.1) is 0 Å². The van der Waals surface area contributed by atoms with Gasteiger partial charge in [-0.3, -0.25) is 9.89 Å². The standard InChI is InChI=1S/C21H35N5.HI/c1-22-21(26-13-7-8-14-26)23-11-5-6-12-24-15-17-25(18-16-24)19-20-9-3-2-4-10-20;/h2-4,9-10H,5-8,11-19H2,1H3,(H,22,23);1H. The number of halogens is 1. The predicted molar refractivity (Wildman–Crippen MR) is 125 cm³/mol. The summed E-state index contributed by atoms with van der Waals surface area (Å²) < 4.78 is 0. The maximum absolute atomic E-state index is 4.42. The van der Waals surface area contributed by atoms with E-state index in [1.165, 1.54) is 64.0 Å². The third kappa shape index (κ3) is 7.58. The molecule has 152 valence electrons. The Morgan fingerprint density at radius 3 is 2.26 bits per heavy atom. The number of nitrogens with one attached hydrogen (secondary N) is 1. The van der Waals surface area contributed by atoms with Crippen molar-refractivity contribution in [2.45, 2.75) is 32.2 Å². The Balaban J connectivity index is 0.00000261. The molecule has 2 aliphatic rings. The van der Waals surface area contributed by atoms with Gasteiger partial charge in [-0.2, -0.15) is 0 Å². The van der Waals surface area contributed by atoms with Gasteiger partial charge in [0, 0.05) is 59.4 Å². The number of rotatable bonds is 7. The van der Waals surface area contributed by atoms with Crippen LogP contribution in [0.5, 0.6) is 0 Å². The van der Waals surface area contributed by atoms with Crippen molar-refractivity contribution in [3.05, 3.63) is 35.9 Å². The Labute approximate surface area is 182 Å². The van der Waals surface area contributed by atoms with Crippen molar-refractivity contribution in [1.29, 1.82) is 0 Å². The van der Waals surface area contributed by atoms with E-state index in [0.717, 1.165) is 32.1 Å². The predicted octanol–water partition coefficient (Wildman–Crippen LogP) is 2.87. The van der Waals surface area contributed by atoms with E-state index in [-0.39, 0.29) is 24.0 Å². The number of unbranched alkanes of at least 4 members (excludes halogenated alkanes) is 1. The highest BCUT2D eigenvalue weighted by Crippen LogP contribution is 2.09. The molecular formula is C21H36IN5. The number of hydrogen-bond donors (Lipinski definition) is 1. The Morgan fingerprint density at radius 2 is 1.59 bits per heavy atom. The van der Waals surface area contributed by atoms with E-state index < -0.39 is 0 Å². The molecule has 3 rings (SSSR count). The molecule has 2 saturated heterocycles. The van der Waals surface area contributed by atoms with Gasteiger partial charge in [-0.15, -0.1) is 24.0 Å². The molecule has 0 bridgehead atoms. The largest absolute Gasteiger partial charge is 0.356 e. The van der Waals surface area contributed by atoms with Gasteiger partial charge in [0.25, 0.3) is 0 Å². The number of hydrogen-bond acceptors (Lipinski definition) is 3. The van der Waals surface area contributed by atoms with Crippen molar-refractivity contribution >= 4 is 29.9 Å². The molecular weight excluding hydrogens is 449 g/mol. The molecule has 27 heavy (non-hydrogen) atoms. The summed E-state index contributed by atoms with van der Waals surface area (Å²) >= 11 is 0. The lowest BCUT2D eigenvalue weighted by Gasteiger charge is -2.34. The van der Waals surface area contributed by atoms with Gasteiger partial charge in [-0.05, 0) is 37.8 Å². The highest BCUT2D eigenvalue weighted by atomic mass is 127. The molecule has 5 nitrogen and oxygen atoms in total. The first-order chi connectivity index (χ1) is 12.8. The molecule has 2 fully saturated rings. The fourth-order valence-corrected chi connectivity index (χ4v) is 3.93. The van der Waals surface area contributed by atoms with Crippen LogP contribution in [0, 0.1) is 0 Å². The topological polar surface area (TPSA) is 34.1 Å². The molecule has 0 spiro atoms. The summed E-state index contributed by atoms with van der Waals surface area (Å²) in [7, 11) is 1.90. The third-order valence-corrected chi connectivity index (χ3v) is 5.52. The summed E-state index contributed by atoms with van der Waals surface area (Å²) in [6, 6.07) is 10.8. The average Bonchev–Trinajstić information content (AvgIpc) is 3.21. The second-order valence-corrected chi connectivity index (χ2v) is 7.48. The minimum Gasteiger partial charge on any atom is -0.356 e. The highest BCUT2D eigenvalue weighted by Gasteiger charge is 2.17. The molecule has 0 atom stereocenters. The van der Waals surface area contributed by atoms with Crippen LogP contribution in [0.2, 0.25) is 0 Å². The van der Waals surface area contributed by atoms with Gasteiger partial charge in [0.1, 0.15) is 0 Å². The Hall–Kier alpha value is -0.860. The summed E-state index contributed by atoms with van der Waals surface area (Å²) in [6.07, 6.45) is 5.09. The monoisotopic (exact) mass is 485 g/mol. The van der Waals surface area contributed by atoms with Crippen LogP contribution < -0.4 is 5.32 Å². The quantitative estimate of drug-likeness (QED) is 0.279. The first-order valence-electron chi connectivity index (χ1n) is 10.3. The molecule has 1 aromatic rings. The van der Waals surface area contributed by atoms with Crippen LogP contribution in [0.3, 0.4) is 0 Å². The Kier molecular flexibility index (Phi) is 10.4. The zero-order chi connectivity index (χ0) is 18.0. The van der Waals surface area contributed by atoms with Gasteiger partial charge in [-0.1, -0.05) is 30.3 Å². The highest BCUT2D eigenvalue weighted by molar-refractivity contribution is 14.0. The Bertz CT molecular complexity index is 537. The van der Waals surface area contributed by atoms with Gasteiger partial charge >= 0.3 is 0 Å². The SMILES string of the molecule is CN=C(NCCCCN1CCN(Cc2ccccc2)CC1)N1CCCC1.I. The summed E-state index contributed by atoms with van der Waals surface area (Å²) in [5.74, 6) is 1.09. The first kappa shape index (κ1) is 22.4. The van der Waals surface area contributed by atoms with Crippen LogP contribution in [-0.2, 0) is 6.54 Å². The van der Waals surface area contributed by atoms with Crippen LogP contribution in [0.15, 0.2) is 35.3 Å². The molecule has 0 radical (unpaired) electrons. The molecule has 2 heterocycles. The van der Waals surface area contributed by atoms with Crippen molar-refractivity contribution < 1.29 is 0 Å². The minimum atomic E-state index is 0. The van der Waals surface area contributed by atoms with E-state index in [1.807, 2.05) is 7.05 Å². The molecule has 0 unspecified atom stereocenters. The zero-order valence-electron chi connectivity index (χ0n) is 16.8. The van der Waals surface area contributed by atoms with Crippen LogP contribution in [0.4, 0.5) is 0 Å². The third-order valence-electron chi connectivity index (χ3n) is 5.52. The molecule has 1 aromatic carbocycles. The number of guanidine groups is 1. The zero-order valence-corrected chi connectivity index (χ0v) is 19.1. The maximum Gasteiger partial charge on any atom is 0.193 e. The maximum atomic E-state index is 4.42. The number of nitrogens with zero attached hydrogens (tertiary/aromatic N) is 4. The van der Waals surface area contributed by atoms with Crippen molar-refractivity contribution in [3.8, 4) is 0 Å². The summed E-state index contributed by atoms with van der Waals surface area (Å²) in [5.41, 5.74) is 1.43. The van der Waals surface area contributed by atoms with E-state index in [4.69, 9.17) is 0 Å². The van der Waals surface area contributed by atoms with Crippen molar-refractivity contribution in [2.75, 3.05) is 59.4 Å². The van der Waals surface area contributed by atoms with E-state index >= 15 is 0 Å². The number of benzene rings is 1. The van der Waals surface area contributed by atoms with Crippen molar-refractivity contribution in [1.82, 2.24) is 20.0 Å². The molecule has 0 aliphatic carbocycles. The molecule has 0 aromatic heterocycles. The lowest BCUT2D eigenvalue weighted by Crippen LogP contribution is -2.46. The lowest BCUT2D eigenvalue weighted by atomic mass is 10.2. The van der Waals surface area contributed by atoms with Gasteiger partial charge in [0.15, 0.2) is 5.96 Å². The van der Waals surface area contributed by atoms with Crippen LogP contribution >= 0.6 is 24.0 Å². The molecule has 6 heteroatoms. The first-order valence-corrected chi connectivity index (χ1v) is 10.3. The molecule has 1 N–H and O–H groups in total. The molecule has 2 aliphatic heterocycles. The smallest absolute Gasteiger partial charge is 0.193 e. The van der Waals surface area contributed by atoms with E-state index in [9.17, 15) is 0 Å². The van der Waals surface area contributed by atoms with Gasteiger partial charge in [-0.25, -0.2) is 0 Å². The van der Waals surface area contributed by atoms with E-state index in [2.05, 4.69) is 55.3 Å².